The average molecular weight is 501 g/mol. The lowest BCUT2D eigenvalue weighted by Crippen LogP contribution is -2.16. The van der Waals surface area contributed by atoms with E-state index in [2.05, 4.69) is 15.0 Å². The summed E-state index contributed by atoms with van der Waals surface area (Å²) >= 11 is 0. The molecule has 0 aliphatic heterocycles. The number of ether oxygens (including phenoxy) is 2. The molecule has 180 valence electrons. The van der Waals surface area contributed by atoms with E-state index in [0.29, 0.717) is 12.3 Å². The van der Waals surface area contributed by atoms with Crippen molar-refractivity contribution in [1.82, 2.24) is 4.98 Å². The smallest absolute Gasteiger partial charge is 0.433 e. The minimum absolute atomic E-state index is 0.0584. The second-order valence-corrected chi connectivity index (χ2v) is 9.00. The Balaban J connectivity index is 1.93. The van der Waals surface area contributed by atoms with Crippen molar-refractivity contribution in [2.24, 2.45) is 0 Å². The van der Waals surface area contributed by atoms with Crippen molar-refractivity contribution in [3.63, 3.8) is 0 Å². The lowest BCUT2D eigenvalue weighted by molar-refractivity contribution is -0.141. The van der Waals surface area contributed by atoms with E-state index in [9.17, 15) is 31.0 Å². The molecule has 0 spiro atoms. The number of nitrogens with zero attached hydrogens (tertiary/aromatic N) is 1. The summed E-state index contributed by atoms with van der Waals surface area (Å²) < 4.78 is 93.3. The number of amides is 1. The first-order chi connectivity index (χ1) is 15.8. The number of carbonyl (C=O) groups is 1. The van der Waals surface area contributed by atoms with E-state index in [1.54, 1.807) is 0 Å². The Labute approximate surface area is 190 Å². The minimum Gasteiger partial charge on any atom is -0.456 e. The molecule has 1 heterocycles. The molecule has 0 bridgehead atoms. The third-order valence-corrected chi connectivity index (χ3v) is 5.37. The molecule has 1 unspecified atom stereocenters. The Bertz CT molecular complexity index is 1300. The van der Waals surface area contributed by atoms with Crippen molar-refractivity contribution in [2.45, 2.75) is 17.7 Å². The number of anilines is 1. The van der Waals surface area contributed by atoms with Crippen molar-refractivity contribution in [2.75, 3.05) is 11.6 Å². The predicted molar refractivity (Wildman–Crippen MR) is 112 cm³/mol. The number of aromatic nitrogens is 1. The highest BCUT2D eigenvalue weighted by atomic mass is 32.2. The van der Waals surface area contributed by atoms with Crippen LogP contribution in [-0.2, 0) is 15.9 Å². The van der Waals surface area contributed by atoms with Gasteiger partial charge in [0, 0.05) is 29.1 Å². The molecule has 34 heavy (non-hydrogen) atoms. The molecule has 0 aliphatic carbocycles. The number of halogens is 5. The van der Waals surface area contributed by atoms with E-state index < -0.39 is 39.9 Å². The highest BCUT2D eigenvalue weighted by molar-refractivity contribution is 7.91. The number of rotatable bonds is 7. The monoisotopic (exact) mass is 501 g/mol. The van der Waals surface area contributed by atoms with Crippen molar-refractivity contribution in [3.05, 3.63) is 72.1 Å². The molecule has 0 aliphatic rings. The van der Waals surface area contributed by atoms with Crippen molar-refractivity contribution in [3.8, 4) is 17.2 Å². The van der Waals surface area contributed by atoms with E-state index in [0.717, 1.165) is 12.1 Å². The van der Waals surface area contributed by atoms with Crippen LogP contribution in [0.1, 0.15) is 16.1 Å². The summed E-state index contributed by atoms with van der Waals surface area (Å²) in [5.74, 6) is -1.65. The number of pyridine rings is 1. The predicted octanol–water partition coefficient (Wildman–Crippen LogP) is 5.78. The van der Waals surface area contributed by atoms with Gasteiger partial charge in [-0.3, -0.25) is 9.78 Å². The van der Waals surface area contributed by atoms with Crippen molar-refractivity contribution >= 4 is 21.3 Å². The summed E-state index contributed by atoms with van der Waals surface area (Å²) in [6.07, 6.45) is -2.96. The van der Waals surface area contributed by atoms with E-state index in [1.165, 1.54) is 42.7 Å². The van der Waals surface area contributed by atoms with E-state index in [1.807, 2.05) is 0 Å². The summed E-state index contributed by atoms with van der Waals surface area (Å²) in [6, 6.07) is 10.7. The fourth-order valence-electron chi connectivity index (χ4n) is 2.68. The van der Waals surface area contributed by atoms with Crippen molar-refractivity contribution in [1.29, 1.82) is 4.78 Å². The van der Waals surface area contributed by atoms with Crippen LogP contribution in [0.4, 0.5) is 27.6 Å². The summed E-state index contributed by atoms with van der Waals surface area (Å²) in [4.78, 5) is 16.2. The molecule has 0 radical (unpaired) electrons. The highest BCUT2D eigenvalue weighted by Gasteiger charge is 2.34. The summed E-state index contributed by atoms with van der Waals surface area (Å²) in [6.45, 7) is -3.06. The van der Waals surface area contributed by atoms with Crippen LogP contribution < -0.4 is 14.8 Å². The zero-order valence-electron chi connectivity index (χ0n) is 17.2. The third kappa shape index (κ3) is 6.41. The van der Waals surface area contributed by atoms with Crippen LogP contribution in [-0.4, -0.2) is 28.0 Å². The largest absolute Gasteiger partial charge is 0.456 e. The zero-order valence-corrected chi connectivity index (χ0v) is 18.0. The van der Waals surface area contributed by atoms with Gasteiger partial charge in [0.05, 0.1) is 9.73 Å². The first-order valence-corrected chi connectivity index (χ1v) is 11.2. The molecule has 3 rings (SSSR count). The van der Waals surface area contributed by atoms with Crippen LogP contribution in [0.2, 0.25) is 0 Å². The van der Waals surface area contributed by atoms with Crippen LogP contribution in [0, 0.1) is 4.78 Å². The lowest BCUT2D eigenvalue weighted by atomic mass is 10.2. The standard InChI is InChI=1S/C21H16F5N3O4S/c1-34(27,31)15-4-2-3-12(9-15)29-19(30)16-11-28-18(21(24,25)26)10-17(16)32-13-5-7-14(8-6-13)33-20(22)23/h2-11,20,27H,1H3,(H,29,30). The maximum Gasteiger partial charge on any atom is 0.433 e. The highest BCUT2D eigenvalue weighted by Crippen LogP contribution is 2.34. The van der Waals surface area contributed by atoms with Crippen LogP contribution in [0.3, 0.4) is 0 Å². The lowest BCUT2D eigenvalue weighted by Gasteiger charge is -2.14. The average Bonchev–Trinajstić information content (AvgIpc) is 2.73. The maximum absolute atomic E-state index is 13.2. The second kappa shape index (κ2) is 9.63. The van der Waals surface area contributed by atoms with Crippen molar-refractivity contribution < 1.29 is 40.4 Å². The van der Waals surface area contributed by atoms with Gasteiger partial charge in [0.1, 0.15) is 28.5 Å². The molecular weight excluding hydrogens is 485 g/mol. The first-order valence-electron chi connectivity index (χ1n) is 9.28. The van der Waals surface area contributed by atoms with Crippen LogP contribution in [0.15, 0.2) is 65.7 Å². The zero-order chi connectivity index (χ0) is 25.1. The number of hydrogen-bond acceptors (Lipinski definition) is 6. The molecule has 1 atom stereocenters. The summed E-state index contributed by atoms with van der Waals surface area (Å²) in [5, 5.41) is 2.43. The van der Waals surface area contributed by atoms with E-state index in [4.69, 9.17) is 9.52 Å². The minimum atomic E-state index is -4.83. The third-order valence-electron chi connectivity index (χ3n) is 4.22. The quantitative estimate of drug-likeness (QED) is 0.400. The molecular formula is C21H16F5N3O4S. The molecule has 2 N–H and O–H groups in total. The normalized spacial score (nSPS) is 13.3. The van der Waals surface area contributed by atoms with Gasteiger partial charge in [0.25, 0.3) is 5.91 Å². The van der Waals surface area contributed by atoms with Crippen LogP contribution in [0.5, 0.6) is 17.2 Å². The molecule has 0 fully saturated rings. The van der Waals surface area contributed by atoms with Crippen LogP contribution >= 0.6 is 0 Å². The van der Waals surface area contributed by atoms with Gasteiger partial charge in [-0.1, -0.05) is 6.07 Å². The molecule has 3 aromatic rings. The number of nitrogens with one attached hydrogen (secondary N) is 2. The molecule has 7 nitrogen and oxygen atoms in total. The Morgan fingerprint density at radius 2 is 1.74 bits per heavy atom. The van der Waals surface area contributed by atoms with Gasteiger partial charge >= 0.3 is 12.8 Å². The number of alkyl halides is 5. The van der Waals surface area contributed by atoms with Gasteiger partial charge in [-0.25, -0.2) is 8.99 Å². The first kappa shape index (κ1) is 24.9. The molecule has 0 saturated carbocycles. The topological polar surface area (TPSA) is 101 Å². The van der Waals surface area contributed by atoms with Gasteiger partial charge in [0.2, 0.25) is 0 Å². The fraction of sp³-hybridized carbons (Fsp3) is 0.143. The number of carbonyl (C=O) groups excluding carboxylic acids is 1. The van der Waals surface area contributed by atoms with Gasteiger partial charge < -0.3 is 14.8 Å². The maximum atomic E-state index is 13.2. The van der Waals surface area contributed by atoms with Gasteiger partial charge in [0.15, 0.2) is 0 Å². The number of hydrogen-bond donors (Lipinski definition) is 2. The van der Waals surface area contributed by atoms with Gasteiger partial charge in [-0.15, -0.1) is 0 Å². The molecule has 1 aromatic heterocycles. The van der Waals surface area contributed by atoms with E-state index >= 15 is 0 Å². The molecule has 2 aromatic carbocycles. The Morgan fingerprint density at radius 3 is 2.32 bits per heavy atom. The van der Waals surface area contributed by atoms with Gasteiger partial charge in [-0.2, -0.15) is 22.0 Å². The number of benzene rings is 2. The molecule has 13 heteroatoms. The second-order valence-electron chi connectivity index (χ2n) is 6.84. The Morgan fingerprint density at radius 1 is 1.09 bits per heavy atom. The van der Waals surface area contributed by atoms with E-state index in [-0.39, 0.29) is 27.6 Å². The van der Waals surface area contributed by atoms with Gasteiger partial charge in [-0.05, 0) is 42.5 Å². The SMILES string of the molecule is CS(=N)(=O)c1cccc(NC(=O)c2cnc(C(F)(F)F)cc2Oc2ccc(OC(F)F)cc2)c1. The molecule has 1 amide bonds. The molecule has 0 saturated heterocycles. The Hall–Kier alpha value is -3.74. The Kier molecular flexibility index (Phi) is 7.05. The fourth-order valence-corrected chi connectivity index (χ4v) is 3.37. The summed E-state index contributed by atoms with van der Waals surface area (Å²) in [7, 11) is -3.08. The summed E-state index contributed by atoms with van der Waals surface area (Å²) in [5.41, 5.74) is -1.54. The van der Waals surface area contributed by atoms with Crippen LogP contribution in [0.25, 0.3) is 0 Å².